The molecule has 1 unspecified atom stereocenters. The van der Waals surface area contributed by atoms with Gasteiger partial charge in [0.05, 0.1) is 0 Å². The molecule has 0 spiro atoms. The first-order valence-electron chi connectivity index (χ1n) is 6.86. The Labute approximate surface area is 136 Å². The molecule has 1 heterocycles. The van der Waals surface area contributed by atoms with Crippen molar-refractivity contribution in [3.8, 4) is 0 Å². The van der Waals surface area contributed by atoms with Crippen molar-refractivity contribution in [2.75, 3.05) is 6.54 Å². The van der Waals surface area contributed by atoms with Crippen molar-refractivity contribution in [3.63, 3.8) is 0 Å². The van der Waals surface area contributed by atoms with Gasteiger partial charge in [-0.15, -0.1) is 12.4 Å². The molecule has 1 rings (SSSR count). The molecular formula is C14H26ClN3O2S. The van der Waals surface area contributed by atoms with Crippen molar-refractivity contribution in [2.45, 2.75) is 53.1 Å². The standard InChI is InChI=1S/C14H25N3O2S.ClH/c1-9(2)6-14(5,8-15)16-12(18)7-17-10(3)11(4)20-13(17)19;/h9H,6-8,15H2,1-5H3,(H,16,18);1H. The lowest BCUT2D eigenvalue weighted by Crippen LogP contribution is -2.53. The highest BCUT2D eigenvalue weighted by Gasteiger charge is 2.26. The number of thiazole rings is 1. The van der Waals surface area contributed by atoms with Crippen LogP contribution in [0, 0.1) is 19.8 Å². The van der Waals surface area contributed by atoms with Gasteiger partial charge in [-0.25, -0.2) is 0 Å². The third-order valence-electron chi connectivity index (χ3n) is 3.43. The minimum Gasteiger partial charge on any atom is -0.348 e. The van der Waals surface area contributed by atoms with Gasteiger partial charge < -0.3 is 11.1 Å². The van der Waals surface area contributed by atoms with E-state index in [-0.39, 0.29) is 29.7 Å². The van der Waals surface area contributed by atoms with E-state index < -0.39 is 5.54 Å². The van der Waals surface area contributed by atoms with E-state index in [0.29, 0.717) is 12.5 Å². The topological polar surface area (TPSA) is 77.1 Å². The molecule has 0 radical (unpaired) electrons. The second-order valence-corrected chi connectivity index (χ2v) is 7.17. The number of amides is 1. The highest BCUT2D eigenvalue weighted by Crippen LogP contribution is 2.15. The van der Waals surface area contributed by atoms with E-state index in [1.54, 1.807) is 0 Å². The van der Waals surface area contributed by atoms with Crippen LogP contribution >= 0.6 is 23.7 Å². The Kier molecular flexibility index (Phi) is 7.64. The van der Waals surface area contributed by atoms with Crippen molar-refractivity contribution in [1.29, 1.82) is 0 Å². The predicted octanol–water partition coefficient (Wildman–Crippen LogP) is 1.83. The fourth-order valence-corrected chi connectivity index (χ4v) is 3.21. The summed E-state index contributed by atoms with van der Waals surface area (Å²) in [5, 5.41) is 2.97. The Bertz CT molecular complexity index is 539. The van der Waals surface area contributed by atoms with Gasteiger partial charge in [0.1, 0.15) is 6.54 Å². The lowest BCUT2D eigenvalue weighted by Gasteiger charge is -2.31. The summed E-state index contributed by atoms with van der Waals surface area (Å²) < 4.78 is 1.52. The highest BCUT2D eigenvalue weighted by atomic mass is 35.5. The third-order valence-corrected chi connectivity index (χ3v) is 4.42. The largest absolute Gasteiger partial charge is 0.348 e. The minimum absolute atomic E-state index is 0. The van der Waals surface area contributed by atoms with Gasteiger partial charge in [-0.3, -0.25) is 14.2 Å². The Morgan fingerprint density at radius 2 is 2.00 bits per heavy atom. The number of hydrogen-bond donors (Lipinski definition) is 2. The number of halogens is 1. The first-order valence-corrected chi connectivity index (χ1v) is 7.68. The average Bonchev–Trinajstić information content (AvgIpc) is 2.55. The maximum absolute atomic E-state index is 12.2. The summed E-state index contributed by atoms with van der Waals surface area (Å²) in [5.41, 5.74) is 6.21. The molecule has 0 aliphatic heterocycles. The smallest absolute Gasteiger partial charge is 0.308 e. The van der Waals surface area contributed by atoms with Gasteiger partial charge in [0.25, 0.3) is 0 Å². The second kappa shape index (κ2) is 7.96. The lowest BCUT2D eigenvalue weighted by atomic mass is 9.91. The van der Waals surface area contributed by atoms with Crippen molar-refractivity contribution in [3.05, 3.63) is 20.2 Å². The Morgan fingerprint density at radius 1 is 1.43 bits per heavy atom. The van der Waals surface area contributed by atoms with Crippen LogP contribution < -0.4 is 15.9 Å². The van der Waals surface area contributed by atoms with E-state index in [2.05, 4.69) is 19.2 Å². The minimum atomic E-state index is -0.423. The molecule has 1 aromatic heterocycles. The number of rotatable bonds is 6. The van der Waals surface area contributed by atoms with Crippen LogP contribution in [-0.4, -0.2) is 22.6 Å². The van der Waals surface area contributed by atoms with Crippen molar-refractivity contribution < 1.29 is 4.79 Å². The van der Waals surface area contributed by atoms with Gasteiger partial charge in [0.2, 0.25) is 5.91 Å². The van der Waals surface area contributed by atoms with Gasteiger partial charge in [-0.05, 0) is 33.1 Å². The van der Waals surface area contributed by atoms with E-state index >= 15 is 0 Å². The van der Waals surface area contributed by atoms with Crippen LogP contribution in [0.4, 0.5) is 0 Å². The molecule has 21 heavy (non-hydrogen) atoms. The molecule has 7 heteroatoms. The zero-order valence-electron chi connectivity index (χ0n) is 13.4. The van der Waals surface area contributed by atoms with Gasteiger partial charge in [0, 0.05) is 22.7 Å². The van der Waals surface area contributed by atoms with Crippen LogP contribution in [0.25, 0.3) is 0 Å². The Hall–Kier alpha value is -0.850. The van der Waals surface area contributed by atoms with Crippen LogP contribution in [0.3, 0.4) is 0 Å². The Balaban J connectivity index is 0.00000400. The highest BCUT2D eigenvalue weighted by molar-refractivity contribution is 7.09. The van der Waals surface area contributed by atoms with Crippen LogP contribution in [0.2, 0.25) is 0 Å². The van der Waals surface area contributed by atoms with Gasteiger partial charge in [-0.2, -0.15) is 0 Å². The first-order chi connectivity index (χ1) is 9.18. The number of carbonyl (C=O) groups excluding carboxylic acids is 1. The molecule has 1 aromatic rings. The normalized spacial score (nSPS) is 13.7. The molecule has 1 amide bonds. The second-order valence-electron chi connectivity index (χ2n) is 6.01. The molecule has 0 saturated carbocycles. The molecule has 1 atom stereocenters. The van der Waals surface area contributed by atoms with Gasteiger partial charge in [0.15, 0.2) is 0 Å². The molecule has 122 valence electrons. The third kappa shape index (κ3) is 5.45. The molecule has 0 aromatic carbocycles. The summed E-state index contributed by atoms with van der Waals surface area (Å²) in [4.78, 5) is 24.8. The molecular weight excluding hydrogens is 310 g/mol. The fraction of sp³-hybridized carbons (Fsp3) is 0.714. The summed E-state index contributed by atoms with van der Waals surface area (Å²) in [6.07, 6.45) is 0.811. The SMILES string of the molecule is Cc1sc(=O)n(CC(=O)NC(C)(CN)CC(C)C)c1C.Cl. The number of nitrogens with two attached hydrogens (primary N) is 1. The number of hydrogen-bond acceptors (Lipinski definition) is 4. The zero-order chi connectivity index (χ0) is 15.5. The summed E-state index contributed by atoms with van der Waals surface area (Å²) in [7, 11) is 0. The quantitative estimate of drug-likeness (QED) is 0.832. The number of nitrogens with one attached hydrogen (secondary N) is 1. The van der Waals surface area contributed by atoms with E-state index in [1.165, 1.54) is 15.9 Å². The number of carbonyl (C=O) groups is 1. The molecule has 0 aliphatic carbocycles. The maximum atomic E-state index is 12.2. The summed E-state index contributed by atoms with van der Waals surface area (Å²) in [6.45, 7) is 10.3. The first kappa shape index (κ1) is 20.1. The van der Waals surface area contributed by atoms with Crippen LogP contribution in [0.1, 0.15) is 37.8 Å². The van der Waals surface area contributed by atoms with Crippen molar-refractivity contribution in [1.82, 2.24) is 9.88 Å². The number of nitrogens with zero attached hydrogens (tertiary/aromatic N) is 1. The monoisotopic (exact) mass is 335 g/mol. The van der Waals surface area contributed by atoms with Gasteiger partial charge >= 0.3 is 4.87 Å². The van der Waals surface area contributed by atoms with Crippen LogP contribution in [0.5, 0.6) is 0 Å². The summed E-state index contributed by atoms with van der Waals surface area (Å²) in [6, 6.07) is 0. The fourth-order valence-electron chi connectivity index (χ4n) is 2.38. The molecule has 0 saturated heterocycles. The van der Waals surface area contributed by atoms with Gasteiger partial charge in [-0.1, -0.05) is 25.2 Å². The predicted molar refractivity (Wildman–Crippen MR) is 90.4 cm³/mol. The van der Waals surface area contributed by atoms with Crippen LogP contribution in [0.15, 0.2) is 4.79 Å². The van der Waals surface area contributed by atoms with Crippen molar-refractivity contribution in [2.24, 2.45) is 11.7 Å². The summed E-state index contributed by atoms with van der Waals surface area (Å²) in [5.74, 6) is 0.276. The molecule has 3 N–H and O–H groups in total. The molecule has 0 aliphatic rings. The molecule has 0 bridgehead atoms. The Morgan fingerprint density at radius 3 is 2.38 bits per heavy atom. The average molecular weight is 336 g/mol. The number of aryl methyl sites for hydroxylation is 1. The van der Waals surface area contributed by atoms with Crippen molar-refractivity contribution >= 4 is 29.7 Å². The maximum Gasteiger partial charge on any atom is 0.308 e. The van der Waals surface area contributed by atoms with E-state index in [4.69, 9.17) is 5.73 Å². The molecule has 5 nitrogen and oxygen atoms in total. The zero-order valence-corrected chi connectivity index (χ0v) is 15.0. The van der Waals surface area contributed by atoms with E-state index in [9.17, 15) is 9.59 Å². The molecule has 0 fully saturated rings. The van der Waals surface area contributed by atoms with E-state index in [1.807, 2.05) is 20.8 Å². The van der Waals surface area contributed by atoms with E-state index in [0.717, 1.165) is 17.0 Å². The summed E-state index contributed by atoms with van der Waals surface area (Å²) >= 11 is 1.17. The number of aromatic nitrogens is 1. The van der Waals surface area contributed by atoms with Crippen LogP contribution in [-0.2, 0) is 11.3 Å². The lowest BCUT2D eigenvalue weighted by molar-refractivity contribution is -0.123.